The summed E-state index contributed by atoms with van der Waals surface area (Å²) in [6.45, 7) is 0.437. The molecule has 0 radical (unpaired) electrons. The molecule has 0 atom stereocenters. The van der Waals surface area contributed by atoms with E-state index in [0.717, 1.165) is 29.7 Å². The van der Waals surface area contributed by atoms with Crippen molar-refractivity contribution >= 4 is 5.69 Å². The molecular formula is C22H21NO3. The second-order valence-corrected chi connectivity index (χ2v) is 6.76. The Morgan fingerprint density at radius 1 is 0.962 bits per heavy atom. The molecule has 1 aliphatic rings. The average Bonchev–Trinajstić information content (AvgIpc) is 2.70. The number of hydrogen-bond donors (Lipinski definition) is 1. The van der Waals surface area contributed by atoms with E-state index in [2.05, 4.69) is 17.4 Å². The Balaban J connectivity index is 1.63. The van der Waals surface area contributed by atoms with Gasteiger partial charge in [0.15, 0.2) is 0 Å². The lowest BCUT2D eigenvalue weighted by molar-refractivity contribution is 0.410. The molecule has 0 saturated carbocycles. The highest BCUT2D eigenvalue weighted by Gasteiger charge is 2.23. The van der Waals surface area contributed by atoms with Crippen LogP contribution in [-0.4, -0.2) is 7.11 Å². The third-order valence-corrected chi connectivity index (χ3v) is 5.20. The van der Waals surface area contributed by atoms with Gasteiger partial charge in [0.25, 0.3) is 0 Å². The van der Waals surface area contributed by atoms with Crippen LogP contribution in [0, 0.1) is 0 Å². The van der Waals surface area contributed by atoms with Crippen LogP contribution in [0.25, 0.3) is 11.1 Å². The number of fused-ring (bicyclic) bond motifs is 1. The molecule has 26 heavy (non-hydrogen) atoms. The molecule has 0 heterocycles. The topological polar surface area (TPSA) is 55.4 Å². The highest BCUT2D eigenvalue weighted by molar-refractivity contribution is 5.82. The van der Waals surface area contributed by atoms with E-state index in [9.17, 15) is 9.59 Å². The number of hydrogen-bond acceptors (Lipinski definition) is 4. The largest absolute Gasteiger partial charge is 0.496 e. The van der Waals surface area contributed by atoms with Gasteiger partial charge >= 0.3 is 0 Å². The van der Waals surface area contributed by atoms with Crippen LogP contribution >= 0.6 is 0 Å². The van der Waals surface area contributed by atoms with E-state index in [1.54, 1.807) is 7.11 Å². The van der Waals surface area contributed by atoms with Gasteiger partial charge in [-0.05, 0) is 48.4 Å². The summed E-state index contributed by atoms with van der Waals surface area (Å²) in [4.78, 5) is 24.3. The smallest absolute Gasteiger partial charge is 0.250 e. The van der Waals surface area contributed by atoms with E-state index < -0.39 is 10.9 Å². The zero-order chi connectivity index (χ0) is 18.1. The quantitative estimate of drug-likeness (QED) is 0.718. The fourth-order valence-electron chi connectivity index (χ4n) is 3.76. The van der Waals surface area contributed by atoms with Crippen LogP contribution in [0.2, 0.25) is 0 Å². The molecule has 0 spiro atoms. The molecule has 0 amide bonds. The molecule has 0 saturated heterocycles. The molecule has 0 fully saturated rings. The van der Waals surface area contributed by atoms with Gasteiger partial charge in [0.1, 0.15) is 5.75 Å². The third-order valence-electron chi connectivity index (χ3n) is 5.20. The van der Waals surface area contributed by atoms with Crippen LogP contribution in [0.5, 0.6) is 5.75 Å². The van der Waals surface area contributed by atoms with Gasteiger partial charge in [0, 0.05) is 12.1 Å². The first-order valence-electron chi connectivity index (χ1n) is 9.00. The number of benzene rings is 2. The number of rotatable bonds is 5. The minimum absolute atomic E-state index is 0.400. The molecule has 3 aromatic carbocycles. The van der Waals surface area contributed by atoms with Gasteiger partial charge in [0.05, 0.1) is 18.4 Å². The summed E-state index contributed by atoms with van der Waals surface area (Å²) in [7, 11) is 1.62. The lowest BCUT2D eigenvalue weighted by atomic mass is 9.88. The predicted octanol–water partition coefficient (Wildman–Crippen LogP) is 3.45. The third kappa shape index (κ3) is 2.81. The van der Waals surface area contributed by atoms with Gasteiger partial charge in [-0.3, -0.25) is 9.59 Å². The Morgan fingerprint density at radius 2 is 1.73 bits per heavy atom. The van der Waals surface area contributed by atoms with Gasteiger partial charge in [-0.15, -0.1) is 0 Å². The summed E-state index contributed by atoms with van der Waals surface area (Å²) in [5, 5.41) is 3.15. The van der Waals surface area contributed by atoms with Crippen molar-refractivity contribution in [3.63, 3.8) is 0 Å². The van der Waals surface area contributed by atoms with Crippen LogP contribution in [0.15, 0.2) is 52.1 Å². The fourth-order valence-corrected chi connectivity index (χ4v) is 3.76. The molecule has 0 bridgehead atoms. The highest BCUT2D eigenvalue weighted by atomic mass is 16.5. The standard InChI is InChI=1S/C22H21NO3/c1-26-18-9-5-4-8-17(18)13-23-20-19(21(24)22(20)25)16-11-10-14-6-2-3-7-15(14)12-16/h4-5,8-12,23H,2-3,6-7,13H2,1H3. The van der Waals surface area contributed by atoms with Crippen LogP contribution < -0.4 is 20.9 Å². The highest BCUT2D eigenvalue weighted by Crippen LogP contribution is 2.30. The Morgan fingerprint density at radius 3 is 2.54 bits per heavy atom. The van der Waals surface area contributed by atoms with Crippen molar-refractivity contribution in [2.45, 2.75) is 32.2 Å². The van der Waals surface area contributed by atoms with Crippen molar-refractivity contribution < 1.29 is 4.74 Å². The lowest BCUT2D eigenvalue weighted by Crippen LogP contribution is -2.36. The molecule has 1 N–H and O–H groups in total. The van der Waals surface area contributed by atoms with E-state index in [1.807, 2.05) is 30.3 Å². The van der Waals surface area contributed by atoms with Gasteiger partial charge in [-0.1, -0.05) is 36.4 Å². The number of ether oxygens (including phenoxy) is 1. The van der Waals surface area contributed by atoms with Crippen molar-refractivity contribution in [3.8, 4) is 16.9 Å². The molecule has 0 unspecified atom stereocenters. The summed E-state index contributed by atoms with van der Waals surface area (Å²) >= 11 is 0. The summed E-state index contributed by atoms with van der Waals surface area (Å²) in [5.74, 6) is 0.758. The van der Waals surface area contributed by atoms with Gasteiger partial charge in [-0.25, -0.2) is 0 Å². The number of anilines is 1. The first-order chi connectivity index (χ1) is 12.7. The van der Waals surface area contributed by atoms with E-state index in [4.69, 9.17) is 4.74 Å². The molecule has 4 nitrogen and oxygen atoms in total. The van der Waals surface area contributed by atoms with Gasteiger partial charge in [-0.2, -0.15) is 0 Å². The minimum Gasteiger partial charge on any atom is -0.496 e. The van der Waals surface area contributed by atoms with Crippen LogP contribution in [0.4, 0.5) is 5.69 Å². The summed E-state index contributed by atoms with van der Waals surface area (Å²) < 4.78 is 5.34. The minimum atomic E-state index is -0.437. The van der Waals surface area contributed by atoms with E-state index in [0.29, 0.717) is 17.8 Å². The Hall–Kier alpha value is -2.88. The molecule has 4 heteroatoms. The van der Waals surface area contributed by atoms with Gasteiger partial charge in [0.2, 0.25) is 10.9 Å². The predicted molar refractivity (Wildman–Crippen MR) is 104 cm³/mol. The number of nitrogens with one attached hydrogen (secondary N) is 1. The molecule has 132 valence electrons. The Kier molecular flexibility index (Phi) is 4.33. The first-order valence-corrected chi connectivity index (χ1v) is 9.00. The zero-order valence-corrected chi connectivity index (χ0v) is 14.8. The normalized spacial score (nSPS) is 13.4. The van der Waals surface area contributed by atoms with Crippen molar-refractivity contribution in [2.24, 2.45) is 0 Å². The Labute approximate surface area is 152 Å². The van der Waals surface area contributed by atoms with Crippen molar-refractivity contribution in [2.75, 3.05) is 12.4 Å². The first kappa shape index (κ1) is 16.6. The van der Waals surface area contributed by atoms with Crippen LogP contribution in [0.3, 0.4) is 0 Å². The van der Waals surface area contributed by atoms with E-state index >= 15 is 0 Å². The maximum atomic E-state index is 12.2. The van der Waals surface area contributed by atoms with Crippen molar-refractivity contribution in [1.82, 2.24) is 0 Å². The van der Waals surface area contributed by atoms with Crippen LogP contribution in [-0.2, 0) is 19.4 Å². The Bertz CT molecular complexity index is 1030. The monoisotopic (exact) mass is 347 g/mol. The van der Waals surface area contributed by atoms with Gasteiger partial charge < -0.3 is 10.1 Å². The average molecular weight is 347 g/mol. The lowest BCUT2D eigenvalue weighted by Gasteiger charge is -2.19. The maximum absolute atomic E-state index is 12.2. The SMILES string of the molecule is COc1ccccc1CNc1c(-c2ccc3c(c2)CCCC3)c(=O)c1=O. The van der Waals surface area contributed by atoms with E-state index in [-0.39, 0.29) is 0 Å². The number of aryl methyl sites for hydroxylation is 2. The second kappa shape index (κ2) is 6.79. The van der Waals surface area contributed by atoms with Crippen molar-refractivity contribution in [3.05, 3.63) is 79.6 Å². The second-order valence-electron chi connectivity index (χ2n) is 6.76. The number of methoxy groups -OCH3 is 1. The maximum Gasteiger partial charge on any atom is 0.250 e. The molecule has 0 aliphatic heterocycles. The molecular weight excluding hydrogens is 326 g/mol. The summed E-state index contributed by atoms with van der Waals surface area (Å²) in [6, 6.07) is 13.8. The van der Waals surface area contributed by atoms with E-state index in [1.165, 1.54) is 24.0 Å². The summed E-state index contributed by atoms with van der Waals surface area (Å²) in [5.41, 5.74) is 4.54. The van der Waals surface area contributed by atoms with Crippen molar-refractivity contribution in [1.29, 1.82) is 0 Å². The van der Waals surface area contributed by atoms with Crippen LogP contribution in [0.1, 0.15) is 29.5 Å². The molecule has 1 aliphatic carbocycles. The zero-order valence-electron chi connectivity index (χ0n) is 14.8. The molecule has 4 rings (SSSR count). The molecule has 3 aromatic rings. The number of para-hydroxylation sites is 1. The fraction of sp³-hybridized carbons (Fsp3) is 0.273. The summed E-state index contributed by atoms with van der Waals surface area (Å²) in [6.07, 6.45) is 4.54. The molecule has 0 aromatic heterocycles.